The summed E-state index contributed by atoms with van der Waals surface area (Å²) in [6, 6.07) is 5.91. The predicted octanol–water partition coefficient (Wildman–Crippen LogP) is 2.93. The van der Waals surface area contributed by atoms with Crippen molar-refractivity contribution in [2.24, 2.45) is 5.92 Å². The van der Waals surface area contributed by atoms with Crippen molar-refractivity contribution in [1.82, 2.24) is 4.90 Å². The molecule has 0 saturated carbocycles. The number of benzene rings is 1. The monoisotopic (exact) mass is 311 g/mol. The van der Waals surface area contributed by atoms with Gasteiger partial charge in [0.1, 0.15) is 5.75 Å². The summed E-state index contributed by atoms with van der Waals surface area (Å²) < 4.78 is 6.78. The van der Waals surface area contributed by atoms with Crippen molar-refractivity contribution in [2.75, 3.05) is 19.7 Å². The molecule has 0 spiro atoms. The zero-order valence-electron chi connectivity index (χ0n) is 9.80. The van der Waals surface area contributed by atoms with E-state index in [1.165, 1.54) is 4.90 Å². The molecule has 5 heteroatoms. The van der Waals surface area contributed by atoms with Gasteiger partial charge in [-0.2, -0.15) is 0 Å². The average molecular weight is 312 g/mol. The molecule has 96 valence electrons. The first-order valence-electron chi connectivity index (χ1n) is 6.06. The van der Waals surface area contributed by atoms with Crippen LogP contribution in [-0.2, 0) is 0 Å². The number of hydrogen-bond acceptors (Lipinski definition) is 2. The van der Waals surface area contributed by atoms with E-state index in [1.54, 1.807) is 0 Å². The lowest BCUT2D eigenvalue weighted by molar-refractivity contribution is 0.152. The number of ether oxygens (including phenoxy) is 1. The van der Waals surface area contributed by atoms with Gasteiger partial charge < -0.3 is 14.7 Å². The number of likely N-dealkylation sites (tertiary alicyclic amines) is 1. The third-order valence-electron chi connectivity index (χ3n) is 3.84. The summed E-state index contributed by atoms with van der Waals surface area (Å²) in [6.45, 7) is 1.85. The summed E-state index contributed by atoms with van der Waals surface area (Å²) in [5, 5.41) is 9.13. The van der Waals surface area contributed by atoms with Crippen molar-refractivity contribution in [2.45, 2.75) is 12.3 Å². The van der Waals surface area contributed by atoms with Crippen molar-refractivity contribution < 1.29 is 14.6 Å². The highest BCUT2D eigenvalue weighted by Crippen LogP contribution is 2.44. The first-order valence-corrected chi connectivity index (χ1v) is 6.85. The molecule has 1 amide bonds. The average Bonchev–Trinajstić information content (AvgIpc) is 2.66. The molecule has 0 bridgehead atoms. The second-order valence-electron chi connectivity index (χ2n) is 4.84. The molecule has 0 aromatic heterocycles. The van der Waals surface area contributed by atoms with Crippen molar-refractivity contribution in [3.05, 3.63) is 28.2 Å². The summed E-state index contributed by atoms with van der Waals surface area (Å²) in [5.74, 6) is 1.50. The van der Waals surface area contributed by atoms with E-state index < -0.39 is 6.09 Å². The van der Waals surface area contributed by atoms with Gasteiger partial charge in [0.25, 0.3) is 0 Å². The zero-order chi connectivity index (χ0) is 12.7. The molecule has 1 aromatic carbocycles. The third-order valence-corrected chi connectivity index (χ3v) is 4.53. The summed E-state index contributed by atoms with van der Waals surface area (Å²) in [7, 11) is 0. The Labute approximate surface area is 114 Å². The van der Waals surface area contributed by atoms with Crippen molar-refractivity contribution >= 4 is 22.0 Å². The molecular weight excluding hydrogens is 298 g/mol. The second kappa shape index (κ2) is 4.46. The van der Waals surface area contributed by atoms with Crippen LogP contribution in [0, 0.1) is 5.92 Å². The number of carboxylic acid groups (broad SMARTS) is 1. The van der Waals surface area contributed by atoms with E-state index in [1.807, 2.05) is 18.2 Å². The highest BCUT2D eigenvalue weighted by atomic mass is 79.9. The van der Waals surface area contributed by atoms with E-state index >= 15 is 0 Å². The minimum absolute atomic E-state index is 0.245. The minimum Gasteiger partial charge on any atom is -0.493 e. The Hall–Kier alpha value is -1.23. The highest BCUT2D eigenvalue weighted by molar-refractivity contribution is 9.10. The number of hydrogen-bond donors (Lipinski definition) is 1. The zero-order valence-corrected chi connectivity index (χ0v) is 11.4. The van der Waals surface area contributed by atoms with Gasteiger partial charge in [-0.3, -0.25) is 0 Å². The van der Waals surface area contributed by atoms with Gasteiger partial charge >= 0.3 is 6.09 Å². The summed E-state index contributed by atoms with van der Waals surface area (Å²) in [5.41, 5.74) is 1.13. The Morgan fingerprint density at radius 1 is 1.44 bits per heavy atom. The van der Waals surface area contributed by atoms with Gasteiger partial charge in [-0.15, -0.1) is 0 Å². The van der Waals surface area contributed by atoms with Crippen LogP contribution in [0.25, 0.3) is 0 Å². The van der Waals surface area contributed by atoms with Gasteiger partial charge in [-0.25, -0.2) is 4.79 Å². The highest BCUT2D eigenvalue weighted by Gasteiger charge is 2.39. The predicted molar refractivity (Wildman–Crippen MR) is 70.1 cm³/mol. The number of rotatable bonds is 0. The molecule has 2 aliphatic rings. The number of fused-ring (bicyclic) bond motifs is 3. The van der Waals surface area contributed by atoms with Crippen LogP contribution in [0.5, 0.6) is 5.75 Å². The van der Waals surface area contributed by atoms with Crippen LogP contribution in [0.3, 0.4) is 0 Å². The van der Waals surface area contributed by atoms with Gasteiger partial charge in [-0.1, -0.05) is 22.0 Å². The van der Waals surface area contributed by atoms with Crippen LogP contribution in [0.2, 0.25) is 0 Å². The minimum atomic E-state index is -0.822. The normalized spacial score (nSPS) is 25.9. The molecule has 18 heavy (non-hydrogen) atoms. The molecular formula is C13H14BrNO3. The first kappa shape index (κ1) is 11.8. The van der Waals surface area contributed by atoms with Crippen LogP contribution < -0.4 is 4.74 Å². The fourth-order valence-corrected chi connectivity index (χ4v) is 3.61. The molecule has 1 aromatic rings. The van der Waals surface area contributed by atoms with Gasteiger partial charge in [0.15, 0.2) is 0 Å². The van der Waals surface area contributed by atoms with Crippen molar-refractivity contribution in [1.29, 1.82) is 0 Å². The van der Waals surface area contributed by atoms with Gasteiger partial charge in [0.05, 0.1) is 6.61 Å². The number of nitrogens with zero attached hydrogens (tertiary/aromatic N) is 1. The Morgan fingerprint density at radius 3 is 3.06 bits per heavy atom. The van der Waals surface area contributed by atoms with E-state index in [0.29, 0.717) is 25.6 Å². The molecule has 4 nitrogen and oxygen atoms in total. The molecule has 1 fully saturated rings. The van der Waals surface area contributed by atoms with Crippen molar-refractivity contribution in [3.8, 4) is 5.75 Å². The lowest BCUT2D eigenvalue weighted by Crippen LogP contribution is -2.27. The smallest absolute Gasteiger partial charge is 0.407 e. The quantitative estimate of drug-likeness (QED) is 0.801. The standard InChI is InChI=1S/C13H14BrNO3/c14-10-2-1-3-11-12(10)9-7-15(13(16)17)6-8(9)4-5-18-11/h1-3,8-9H,4-7H2,(H,16,17)/t8-,9-/m1/s1. The molecule has 2 aliphatic heterocycles. The summed E-state index contributed by atoms with van der Waals surface area (Å²) >= 11 is 3.56. The van der Waals surface area contributed by atoms with Gasteiger partial charge in [0.2, 0.25) is 0 Å². The first-order chi connectivity index (χ1) is 8.66. The lowest BCUT2D eigenvalue weighted by Gasteiger charge is -2.17. The van der Waals surface area contributed by atoms with E-state index in [4.69, 9.17) is 9.84 Å². The molecule has 1 saturated heterocycles. The Morgan fingerprint density at radius 2 is 2.28 bits per heavy atom. The summed E-state index contributed by atoms with van der Waals surface area (Å²) in [6.07, 6.45) is 0.0906. The van der Waals surface area contributed by atoms with E-state index in [0.717, 1.165) is 22.2 Å². The SMILES string of the molecule is O=C(O)N1C[C@H]2CCOc3cccc(Br)c3[C@@H]2C1. The van der Waals surface area contributed by atoms with Gasteiger partial charge in [0, 0.05) is 29.0 Å². The molecule has 0 aliphatic carbocycles. The fraction of sp³-hybridized carbons (Fsp3) is 0.462. The Balaban J connectivity index is 2.00. The molecule has 2 heterocycles. The number of amides is 1. The van der Waals surface area contributed by atoms with Crippen LogP contribution in [0.15, 0.2) is 22.7 Å². The molecule has 2 atom stereocenters. The third kappa shape index (κ3) is 1.86. The Kier molecular flexibility index (Phi) is 2.93. The topological polar surface area (TPSA) is 49.8 Å². The maximum absolute atomic E-state index is 11.1. The second-order valence-corrected chi connectivity index (χ2v) is 5.70. The Bertz CT molecular complexity index is 491. The maximum atomic E-state index is 11.1. The molecule has 0 radical (unpaired) electrons. The fourth-order valence-electron chi connectivity index (χ4n) is 2.97. The molecule has 1 N–H and O–H groups in total. The van der Waals surface area contributed by atoms with E-state index in [-0.39, 0.29) is 5.92 Å². The van der Waals surface area contributed by atoms with Crippen LogP contribution >= 0.6 is 15.9 Å². The molecule has 3 rings (SSSR count). The van der Waals surface area contributed by atoms with Crippen molar-refractivity contribution in [3.63, 3.8) is 0 Å². The van der Waals surface area contributed by atoms with E-state index in [9.17, 15) is 4.79 Å². The van der Waals surface area contributed by atoms with E-state index in [2.05, 4.69) is 15.9 Å². The van der Waals surface area contributed by atoms with Gasteiger partial charge in [-0.05, 0) is 24.5 Å². The number of halogens is 1. The largest absolute Gasteiger partial charge is 0.493 e. The van der Waals surface area contributed by atoms with Crippen LogP contribution in [0.1, 0.15) is 17.9 Å². The van der Waals surface area contributed by atoms with Crippen LogP contribution in [-0.4, -0.2) is 35.8 Å². The maximum Gasteiger partial charge on any atom is 0.407 e. The number of carbonyl (C=O) groups is 1. The molecule has 0 unspecified atom stereocenters. The summed E-state index contributed by atoms with van der Waals surface area (Å²) in [4.78, 5) is 12.6. The van der Waals surface area contributed by atoms with Crippen LogP contribution in [0.4, 0.5) is 4.79 Å². The lowest BCUT2D eigenvalue weighted by atomic mass is 9.87.